The molecule has 1 atom stereocenters. The van der Waals surface area contributed by atoms with Crippen molar-refractivity contribution >= 4 is 17.0 Å². The summed E-state index contributed by atoms with van der Waals surface area (Å²) >= 11 is 1.80. The van der Waals surface area contributed by atoms with E-state index in [1.807, 2.05) is 12.1 Å². The van der Waals surface area contributed by atoms with Crippen LogP contribution in [0.2, 0.25) is 0 Å². The third-order valence-corrected chi connectivity index (χ3v) is 4.35. The van der Waals surface area contributed by atoms with Gasteiger partial charge in [0.15, 0.2) is 0 Å². The number of nitro groups is 1. The van der Waals surface area contributed by atoms with Crippen molar-refractivity contribution in [2.45, 2.75) is 12.5 Å². The molecule has 0 saturated carbocycles. The Morgan fingerprint density at radius 2 is 2.06 bits per heavy atom. The lowest BCUT2D eigenvalue weighted by Crippen LogP contribution is -2.87. The molecule has 0 unspecified atom stereocenters. The van der Waals surface area contributed by atoms with Crippen molar-refractivity contribution in [1.82, 2.24) is 0 Å². The number of nitro benzene ring substituents is 1. The quantitative estimate of drug-likeness (QED) is 0.662. The molecule has 1 aromatic heterocycles. The highest BCUT2D eigenvalue weighted by molar-refractivity contribution is 7.10. The minimum absolute atomic E-state index is 0.153. The predicted octanol–water partition coefficient (Wildman–Crippen LogP) is 1.87. The number of quaternary nitrogens is 1. The van der Waals surface area contributed by atoms with Crippen molar-refractivity contribution in [3.63, 3.8) is 0 Å². The first-order chi connectivity index (χ1) is 8.75. The average molecular weight is 261 g/mol. The zero-order chi connectivity index (χ0) is 12.5. The fraction of sp³-hybridized carbons (Fsp3) is 0.231. The second kappa shape index (κ2) is 4.51. The van der Waals surface area contributed by atoms with Crippen LogP contribution >= 0.6 is 11.3 Å². The van der Waals surface area contributed by atoms with E-state index in [1.165, 1.54) is 10.4 Å². The van der Waals surface area contributed by atoms with E-state index in [1.54, 1.807) is 23.5 Å². The van der Waals surface area contributed by atoms with E-state index in [9.17, 15) is 10.1 Å². The first-order valence-electron chi connectivity index (χ1n) is 5.89. The molecule has 0 fully saturated rings. The van der Waals surface area contributed by atoms with Gasteiger partial charge in [-0.15, -0.1) is 11.3 Å². The van der Waals surface area contributed by atoms with Crippen molar-refractivity contribution in [2.24, 2.45) is 0 Å². The van der Waals surface area contributed by atoms with Crippen molar-refractivity contribution in [2.75, 3.05) is 6.54 Å². The second-order valence-corrected chi connectivity index (χ2v) is 5.40. The van der Waals surface area contributed by atoms with Crippen LogP contribution in [0.1, 0.15) is 22.0 Å². The first-order valence-corrected chi connectivity index (χ1v) is 6.77. The zero-order valence-corrected chi connectivity index (χ0v) is 10.5. The summed E-state index contributed by atoms with van der Waals surface area (Å²) in [5, 5.41) is 15.1. The molecule has 1 aliphatic rings. The van der Waals surface area contributed by atoms with Gasteiger partial charge in [-0.2, -0.15) is 0 Å². The SMILES string of the molecule is O=[N+]([O-])c1ccc([C@H]2[NH2+]CCc3sccc32)cc1. The zero-order valence-electron chi connectivity index (χ0n) is 9.70. The van der Waals surface area contributed by atoms with Crippen LogP contribution in [0.15, 0.2) is 35.7 Å². The number of nitrogens with two attached hydrogens (primary N) is 1. The highest BCUT2D eigenvalue weighted by atomic mass is 32.1. The van der Waals surface area contributed by atoms with E-state index in [0.29, 0.717) is 6.04 Å². The monoisotopic (exact) mass is 261 g/mol. The molecule has 2 heterocycles. The lowest BCUT2D eigenvalue weighted by Gasteiger charge is -2.21. The van der Waals surface area contributed by atoms with Crippen LogP contribution in [0.25, 0.3) is 0 Å². The molecule has 92 valence electrons. The molecule has 1 aromatic carbocycles. The summed E-state index contributed by atoms with van der Waals surface area (Å²) in [7, 11) is 0. The smallest absolute Gasteiger partial charge is 0.269 e. The van der Waals surface area contributed by atoms with Crippen LogP contribution in [0.5, 0.6) is 0 Å². The Labute approximate surface area is 108 Å². The van der Waals surface area contributed by atoms with Crippen LogP contribution in [0.3, 0.4) is 0 Å². The highest BCUT2D eigenvalue weighted by Gasteiger charge is 2.25. The Bertz CT molecular complexity index is 577. The van der Waals surface area contributed by atoms with Gasteiger partial charge in [0, 0.05) is 34.6 Å². The molecule has 3 rings (SSSR count). The second-order valence-electron chi connectivity index (χ2n) is 4.40. The van der Waals surface area contributed by atoms with Gasteiger partial charge >= 0.3 is 0 Å². The van der Waals surface area contributed by atoms with Crippen LogP contribution in [0.4, 0.5) is 5.69 Å². The Morgan fingerprint density at radius 1 is 1.28 bits per heavy atom. The van der Waals surface area contributed by atoms with Gasteiger partial charge in [0.2, 0.25) is 0 Å². The maximum absolute atomic E-state index is 10.6. The largest absolute Gasteiger partial charge is 0.336 e. The Hall–Kier alpha value is -1.72. The summed E-state index contributed by atoms with van der Waals surface area (Å²) in [6.45, 7) is 1.08. The van der Waals surface area contributed by atoms with Crippen molar-refractivity contribution in [3.8, 4) is 0 Å². The van der Waals surface area contributed by atoms with Gasteiger partial charge in [0.25, 0.3) is 5.69 Å². The fourth-order valence-corrected chi connectivity index (χ4v) is 3.40. The van der Waals surface area contributed by atoms with E-state index in [-0.39, 0.29) is 10.6 Å². The van der Waals surface area contributed by atoms with E-state index >= 15 is 0 Å². The number of rotatable bonds is 2. The third kappa shape index (κ3) is 1.91. The molecule has 0 saturated heterocycles. The maximum Gasteiger partial charge on any atom is 0.269 e. The van der Waals surface area contributed by atoms with E-state index in [0.717, 1.165) is 18.5 Å². The van der Waals surface area contributed by atoms with Crippen molar-refractivity contribution in [3.05, 3.63) is 61.8 Å². The number of non-ortho nitro benzene ring substituents is 1. The van der Waals surface area contributed by atoms with Crippen LogP contribution in [-0.2, 0) is 6.42 Å². The summed E-state index contributed by atoms with van der Waals surface area (Å²) < 4.78 is 0. The van der Waals surface area contributed by atoms with Gasteiger partial charge in [0.1, 0.15) is 6.04 Å². The molecule has 1 aliphatic heterocycles. The summed E-state index contributed by atoms with van der Waals surface area (Å²) in [6.07, 6.45) is 1.12. The summed E-state index contributed by atoms with van der Waals surface area (Å²) in [5.74, 6) is 0. The molecule has 2 N–H and O–H groups in total. The fourth-order valence-electron chi connectivity index (χ4n) is 2.46. The van der Waals surface area contributed by atoms with Gasteiger partial charge in [-0.25, -0.2) is 0 Å². The Morgan fingerprint density at radius 3 is 2.78 bits per heavy atom. The number of nitrogens with zero attached hydrogens (tertiary/aromatic N) is 1. The molecule has 2 aromatic rings. The molecule has 0 spiro atoms. The molecule has 0 bridgehead atoms. The van der Waals surface area contributed by atoms with Gasteiger partial charge in [-0.1, -0.05) is 0 Å². The van der Waals surface area contributed by atoms with Gasteiger partial charge in [0.05, 0.1) is 11.5 Å². The molecular weight excluding hydrogens is 248 g/mol. The normalized spacial score (nSPS) is 18.3. The molecular formula is C13H13N2O2S+. The first kappa shape index (κ1) is 11.4. The number of benzene rings is 1. The van der Waals surface area contributed by atoms with Gasteiger partial charge in [-0.3, -0.25) is 10.1 Å². The lowest BCUT2D eigenvalue weighted by molar-refractivity contribution is -0.689. The molecule has 0 radical (unpaired) electrons. The number of thiophene rings is 1. The molecule has 0 aliphatic carbocycles. The van der Waals surface area contributed by atoms with Gasteiger partial charge < -0.3 is 5.32 Å². The number of hydrogen-bond acceptors (Lipinski definition) is 3. The van der Waals surface area contributed by atoms with Crippen LogP contribution < -0.4 is 5.32 Å². The summed E-state index contributed by atoms with van der Waals surface area (Å²) in [6, 6.07) is 9.37. The van der Waals surface area contributed by atoms with E-state index < -0.39 is 0 Å². The Balaban J connectivity index is 1.95. The number of fused-ring (bicyclic) bond motifs is 1. The third-order valence-electron chi connectivity index (χ3n) is 3.35. The maximum atomic E-state index is 10.6. The van der Waals surface area contributed by atoms with Gasteiger partial charge in [-0.05, 0) is 23.6 Å². The average Bonchev–Trinajstić information content (AvgIpc) is 2.87. The standard InChI is InChI=1S/C13H12N2O2S/c16-15(17)10-3-1-9(2-4-10)13-11-6-8-18-12(11)5-7-14-13/h1-4,6,8,13-14H,5,7H2/p+1/t13-/m1/s1. The van der Waals surface area contributed by atoms with Crippen LogP contribution in [-0.4, -0.2) is 11.5 Å². The van der Waals surface area contributed by atoms with Crippen LogP contribution in [0, 0.1) is 10.1 Å². The number of hydrogen-bond donors (Lipinski definition) is 1. The molecule has 5 heteroatoms. The minimum Gasteiger partial charge on any atom is -0.336 e. The summed E-state index contributed by atoms with van der Waals surface area (Å²) in [4.78, 5) is 11.7. The van der Waals surface area contributed by atoms with E-state index in [2.05, 4.69) is 16.8 Å². The van der Waals surface area contributed by atoms with Crippen molar-refractivity contribution in [1.29, 1.82) is 0 Å². The molecule has 18 heavy (non-hydrogen) atoms. The predicted molar refractivity (Wildman–Crippen MR) is 69.8 cm³/mol. The minimum atomic E-state index is -0.357. The molecule has 0 amide bonds. The van der Waals surface area contributed by atoms with E-state index in [4.69, 9.17) is 0 Å². The Kier molecular flexibility index (Phi) is 2.85. The molecule has 4 nitrogen and oxygen atoms in total. The lowest BCUT2D eigenvalue weighted by atomic mass is 9.95. The van der Waals surface area contributed by atoms with Crippen molar-refractivity contribution < 1.29 is 10.2 Å². The topological polar surface area (TPSA) is 59.8 Å². The highest BCUT2D eigenvalue weighted by Crippen LogP contribution is 2.29. The summed E-state index contributed by atoms with van der Waals surface area (Å²) in [5.41, 5.74) is 2.65.